The van der Waals surface area contributed by atoms with Crippen molar-refractivity contribution in [2.75, 3.05) is 0 Å². The average Bonchev–Trinajstić information content (AvgIpc) is 2.62. The summed E-state index contributed by atoms with van der Waals surface area (Å²) >= 11 is 0. The van der Waals surface area contributed by atoms with Crippen LogP contribution in [0.5, 0.6) is 5.75 Å². The molecular weight excluding hydrogens is 368 g/mol. The maximum absolute atomic E-state index is 12.9. The van der Waals surface area contributed by atoms with E-state index in [1.165, 1.54) is 29.7 Å². The highest BCUT2D eigenvalue weighted by Gasteiger charge is 2.18. The fraction of sp³-hybridized carbons (Fsp3) is 0.158. The number of benzene rings is 2. The van der Waals surface area contributed by atoms with Crippen LogP contribution in [0.4, 0.5) is 5.69 Å². The van der Waals surface area contributed by atoms with Crippen LogP contribution in [0.15, 0.2) is 63.2 Å². The number of hydrogen-bond donors (Lipinski definition) is 1. The van der Waals surface area contributed by atoms with E-state index in [4.69, 9.17) is 0 Å². The Morgan fingerprint density at radius 1 is 1.15 bits per heavy atom. The summed E-state index contributed by atoms with van der Waals surface area (Å²) in [5.74, 6) is -0.232. The minimum Gasteiger partial charge on any atom is -0.744 e. The van der Waals surface area contributed by atoms with Crippen molar-refractivity contribution in [1.82, 2.24) is 4.57 Å². The van der Waals surface area contributed by atoms with Crippen LogP contribution < -0.4 is 5.56 Å². The number of pyridine rings is 1. The minimum atomic E-state index is -4.73. The van der Waals surface area contributed by atoms with Crippen LogP contribution in [0, 0.1) is 0 Å². The first kappa shape index (κ1) is 18.8. The SMILES string of the molecule is CCn1c(=O)c(C(C)=Nc2ccccc2S(=O)(=O)[O-])c(O)c2ccccc21. The van der Waals surface area contributed by atoms with Crippen molar-refractivity contribution >= 4 is 32.4 Å². The summed E-state index contributed by atoms with van der Waals surface area (Å²) in [5.41, 5.74) is 0.134. The van der Waals surface area contributed by atoms with Crippen LogP contribution in [0.1, 0.15) is 19.4 Å². The van der Waals surface area contributed by atoms with Gasteiger partial charge in [-0.15, -0.1) is 0 Å². The lowest BCUT2D eigenvalue weighted by atomic mass is 10.1. The minimum absolute atomic E-state index is 0.0337. The van der Waals surface area contributed by atoms with Crippen LogP contribution >= 0.6 is 0 Å². The van der Waals surface area contributed by atoms with Crippen molar-refractivity contribution in [2.24, 2.45) is 4.99 Å². The van der Waals surface area contributed by atoms with E-state index < -0.39 is 20.6 Å². The number of rotatable bonds is 4. The van der Waals surface area contributed by atoms with Gasteiger partial charge in [0.05, 0.1) is 21.8 Å². The molecule has 0 bridgehead atoms. The number of aryl methyl sites for hydroxylation is 1. The van der Waals surface area contributed by atoms with E-state index in [0.29, 0.717) is 17.4 Å². The summed E-state index contributed by atoms with van der Waals surface area (Å²) in [6.07, 6.45) is 0. The molecule has 0 saturated carbocycles. The molecule has 0 fully saturated rings. The number of aromatic hydroxyl groups is 1. The Balaban J connectivity index is 2.31. The topological polar surface area (TPSA) is 112 Å². The molecule has 0 saturated heterocycles. The largest absolute Gasteiger partial charge is 0.744 e. The molecule has 8 heteroatoms. The Morgan fingerprint density at radius 3 is 2.44 bits per heavy atom. The Bertz CT molecular complexity index is 1230. The summed E-state index contributed by atoms with van der Waals surface area (Å²) in [6, 6.07) is 12.4. The number of para-hydroxylation sites is 2. The lowest BCUT2D eigenvalue weighted by molar-refractivity contribution is 0.463. The summed E-state index contributed by atoms with van der Waals surface area (Å²) in [5, 5.41) is 11.1. The van der Waals surface area contributed by atoms with Crippen molar-refractivity contribution in [3.63, 3.8) is 0 Å². The Hall–Kier alpha value is -2.97. The predicted octanol–water partition coefficient (Wildman–Crippen LogP) is 2.77. The molecule has 0 aliphatic heterocycles. The number of fused-ring (bicyclic) bond motifs is 1. The van der Waals surface area contributed by atoms with Gasteiger partial charge in [0.15, 0.2) is 0 Å². The van der Waals surface area contributed by atoms with Gasteiger partial charge in [0, 0.05) is 11.9 Å². The zero-order valence-corrected chi connectivity index (χ0v) is 15.5. The van der Waals surface area contributed by atoms with Crippen molar-refractivity contribution < 1.29 is 18.1 Å². The lowest BCUT2D eigenvalue weighted by Crippen LogP contribution is -2.26. The maximum Gasteiger partial charge on any atom is 0.263 e. The molecule has 0 aliphatic carbocycles. The third-order valence-electron chi connectivity index (χ3n) is 4.25. The van der Waals surface area contributed by atoms with Crippen molar-refractivity contribution in [3.05, 3.63) is 64.4 Å². The van der Waals surface area contributed by atoms with Gasteiger partial charge in [-0.1, -0.05) is 24.3 Å². The first-order valence-corrected chi connectivity index (χ1v) is 9.61. The zero-order valence-electron chi connectivity index (χ0n) is 14.7. The smallest absolute Gasteiger partial charge is 0.263 e. The van der Waals surface area contributed by atoms with Crippen LogP contribution in [-0.4, -0.2) is 28.4 Å². The third kappa shape index (κ3) is 3.36. The molecule has 3 rings (SSSR count). The Kier molecular flexibility index (Phi) is 4.86. The highest BCUT2D eigenvalue weighted by atomic mass is 32.2. The molecule has 3 aromatic rings. The standard InChI is InChI=1S/C19H18N2O5S/c1-3-21-15-10-6-4-8-13(15)18(22)17(19(21)23)12(2)20-14-9-5-7-11-16(14)27(24,25)26/h4-11,22H,3H2,1-2H3,(H,24,25,26)/p-1. The normalized spacial score (nSPS) is 12.5. The molecule has 27 heavy (non-hydrogen) atoms. The number of nitrogens with zero attached hydrogens (tertiary/aromatic N) is 2. The van der Waals surface area contributed by atoms with Gasteiger partial charge >= 0.3 is 0 Å². The van der Waals surface area contributed by atoms with Crippen molar-refractivity contribution in [3.8, 4) is 5.75 Å². The monoisotopic (exact) mass is 385 g/mol. The van der Waals surface area contributed by atoms with Crippen LogP contribution in [0.3, 0.4) is 0 Å². The molecule has 0 unspecified atom stereocenters. The van der Waals surface area contributed by atoms with Gasteiger partial charge in [0.1, 0.15) is 21.4 Å². The van der Waals surface area contributed by atoms with Crippen molar-refractivity contribution in [1.29, 1.82) is 0 Å². The summed E-state index contributed by atoms with van der Waals surface area (Å²) < 4.78 is 35.8. The summed E-state index contributed by atoms with van der Waals surface area (Å²) in [6.45, 7) is 3.67. The second kappa shape index (κ2) is 6.98. The molecule has 0 atom stereocenters. The summed E-state index contributed by atoms with van der Waals surface area (Å²) in [4.78, 5) is 16.6. The van der Waals surface area contributed by atoms with Gasteiger partial charge in [-0.05, 0) is 38.1 Å². The lowest BCUT2D eigenvalue weighted by Gasteiger charge is -2.14. The molecule has 140 valence electrons. The highest BCUT2D eigenvalue weighted by Crippen LogP contribution is 2.29. The van der Waals surface area contributed by atoms with Gasteiger partial charge < -0.3 is 14.2 Å². The van der Waals surface area contributed by atoms with Gasteiger partial charge in [0.2, 0.25) is 0 Å². The van der Waals surface area contributed by atoms with E-state index >= 15 is 0 Å². The van der Waals surface area contributed by atoms with Crippen LogP contribution in [0.25, 0.3) is 10.9 Å². The van der Waals surface area contributed by atoms with E-state index in [9.17, 15) is 22.9 Å². The second-order valence-corrected chi connectivity index (χ2v) is 7.26. The van der Waals surface area contributed by atoms with Gasteiger partial charge in [-0.2, -0.15) is 0 Å². The third-order valence-corrected chi connectivity index (χ3v) is 5.13. The Morgan fingerprint density at radius 2 is 1.78 bits per heavy atom. The molecule has 0 aliphatic rings. The molecule has 0 spiro atoms. The Labute approximate surface area is 156 Å². The number of aromatic nitrogens is 1. The fourth-order valence-corrected chi connectivity index (χ4v) is 3.64. The molecule has 0 amide bonds. The molecule has 1 aromatic heterocycles. The first-order chi connectivity index (χ1) is 12.8. The van der Waals surface area contributed by atoms with Gasteiger partial charge in [0.25, 0.3) is 5.56 Å². The molecular formula is C19H17N2O5S-. The molecule has 1 heterocycles. The molecule has 1 N–H and O–H groups in total. The van der Waals surface area contributed by atoms with E-state index in [-0.39, 0.29) is 22.7 Å². The van der Waals surface area contributed by atoms with E-state index in [0.717, 1.165) is 6.07 Å². The molecule has 7 nitrogen and oxygen atoms in total. The highest BCUT2D eigenvalue weighted by molar-refractivity contribution is 7.86. The molecule has 2 aromatic carbocycles. The average molecular weight is 385 g/mol. The predicted molar refractivity (Wildman–Crippen MR) is 102 cm³/mol. The molecule has 0 radical (unpaired) electrons. The van der Waals surface area contributed by atoms with Gasteiger partial charge in [-0.3, -0.25) is 9.79 Å². The fourth-order valence-electron chi connectivity index (χ4n) is 3.03. The van der Waals surface area contributed by atoms with Gasteiger partial charge in [-0.25, -0.2) is 8.42 Å². The van der Waals surface area contributed by atoms with Crippen LogP contribution in [-0.2, 0) is 16.7 Å². The van der Waals surface area contributed by atoms with E-state index in [1.807, 2.05) is 0 Å². The summed E-state index contributed by atoms with van der Waals surface area (Å²) in [7, 11) is -4.73. The van der Waals surface area contributed by atoms with E-state index in [1.54, 1.807) is 31.2 Å². The van der Waals surface area contributed by atoms with Crippen LogP contribution in [0.2, 0.25) is 0 Å². The second-order valence-electron chi connectivity index (χ2n) is 5.91. The number of hydrogen-bond acceptors (Lipinski definition) is 6. The maximum atomic E-state index is 12.9. The first-order valence-electron chi connectivity index (χ1n) is 8.20. The van der Waals surface area contributed by atoms with Crippen molar-refractivity contribution in [2.45, 2.75) is 25.3 Å². The zero-order chi connectivity index (χ0) is 19.8. The quantitative estimate of drug-likeness (QED) is 0.548. The number of aliphatic imine (C=N–C) groups is 1. The van der Waals surface area contributed by atoms with E-state index in [2.05, 4.69) is 4.99 Å².